The Hall–Kier alpha value is -1.16. The van der Waals surface area contributed by atoms with E-state index in [-0.39, 0.29) is 26.3 Å². The van der Waals surface area contributed by atoms with E-state index < -0.39 is 5.82 Å². The van der Waals surface area contributed by atoms with Crippen LogP contribution in [0.3, 0.4) is 0 Å². The number of hydrogen-bond donors (Lipinski definition) is 0. The first kappa shape index (κ1) is 13.3. The lowest BCUT2D eigenvalue weighted by Gasteiger charge is -2.09. The number of halogens is 4. The maximum Gasteiger partial charge on any atom is 0.152 e. The predicted octanol–water partition coefficient (Wildman–Crippen LogP) is 4.66. The van der Waals surface area contributed by atoms with Gasteiger partial charge < -0.3 is 0 Å². The number of nitrogens with zero attached hydrogens (tertiary/aromatic N) is 1. The lowest BCUT2D eigenvalue weighted by atomic mass is 10.1. The minimum atomic E-state index is -0.616. The Morgan fingerprint density at radius 2 is 1.83 bits per heavy atom. The highest BCUT2D eigenvalue weighted by Gasteiger charge is 2.16. The summed E-state index contributed by atoms with van der Waals surface area (Å²) in [4.78, 5) is 14.8. The van der Waals surface area contributed by atoms with Gasteiger partial charge in [0.05, 0.1) is 27.0 Å². The van der Waals surface area contributed by atoms with Crippen LogP contribution in [-0.2, 0) is 0 Å². The van der Waals surface area contributed by atoms with E-state index in [1.807, 2.05) is 0 Å². The fraction of sp³-hybridized carbons (Fsp3) is 0. The summed E-state index contributed by atoms with van der Waals surface area (Å²) < 4.78 is 13.0. The number of rotatable bonds is 2. The van der Waals surface area contributed by atoms with Gasteiger partial charge in [-0.1, -0.05) is 34.8 Å². The molecule has 0 atom stereocenters. The van der Waals surface area contributed by atoms with Gasteiger partial charge in [-0.05, 0) is 18.2 Å². The molecule has 0 spiro atoms. The van der Waals surface area contributed by atoms with Crippen LogP contribution in [0.5, 0.6) is 0 Å². The van der Waals surface area contributed by atoms with Crippen LogP contribution >= 0.6 is 34.8 Å². The molecular formula is C12H5Cl3FNO. The maximum atomic E-state index is 13.0. The first-order valence-electron chi connectivity index (χ1n) is 4.79. The van der Waals surface area contributed by atoms with Crippen LogP contribution in [0.25, 0.3) is 11.3 Å². The van der Waals surface area contributed by atoms with Crippen LogP contribution < -0.4 is 0 Å². The molecule has 0 fully saturated rings. The monoisotopic (exact) mass is 303 g/mol. The Labute approximate surface area is 117 Å². The molecule has 1 heterocycles. The maximum absolute atomic E-state index is 13.0. The summed E-state index contributed by atoms with van der Waals surface area (Å²) in [5, 5.41) is 0.733. The molecule has 92 valence electrons. The molecule has 6 heteroatoms. The zero-order valence-corrected chi connectivity index (χ0v) is 11.0. The van der Waals surface area contributed by atoms with Gasteiger partial charge in [-0.15, -0.1) is 0 Å². The van der Waals surface area contributed by atoms with Crippen LogP contribution in [0.15, 0.2) is 24.4 Å². The Balaban J connectivity index is 2.77. The van der Waals surface area contributed by atoms with Gasteiger partial charge in [0, 0.05) is 11.1 Å². The van der Waals surface area contributed by atoms with Gasteiger partial charge in [0.1, 0.15) is 5.82 Å². The third kappa shape index (κ3) is 2.34. The molecule has 2 rings (SSSR count). The molecular weight excluding hydrogens is 299 g/mol. The van der Waals surface area contributed by atoms with E-state index in [4.69, 9.17) is 34.8 Å². The molecule has 0 aliphatic heterocycles. The summed E-state index contributed by atoms with van der Waals surface area (Å²) in [6.45, 7) is 0. The van der Waals surface area contributed by atoms with Crippen LogP contribution in [-0.4, -0.2) is 11.3 Å². The number of aldehydes is 1. The summed E-state index contributed by atoms with van der Waals surface area (Å²) >= 11 is 17.9. The molecule has 0 bridgehead atoms. The van der Waals surface area contributed by atoms with Crippen molar-refractivity contribution < 1.29 is 9.18 Å². The minimum absolute atomic E-state index is 0.0565. The highest BCUT2D eigenvalue weighted by Crippen LogP contribution is 2.39. The second-order valence-corrected chi connectivity index (χ2v) is 4.62. The fourth-order valence-electron chi connectivity index (χ4n) is 1.50. The number of carbonyl (C=O) groups excluding carboxylic acids is 1. The minimum Gasteiger partial charge on any atom is -0.298 e. The standard InChI is InChI=1S/C12H5Cl3FNO/c13-8-1-2-9(14)11(15)10(8)12-6(5-18)3-7(16)4-17-12/h1-5H. The molecule has 0 aliphatic carbocycles. The topological polar surface area (TPSA) is 30.0 Å². The van der Waals surface area contributed by atoms with Crippen LogP contribution in [0.1, 0.15) is 10.4 Å². The van der Waals surface area contributed by atoms with E-state index in [2.05, 4.69) is 4.98 Å². The normalized spacial score (nSPS) is 10.4. The zero-order valence-electron chi connectivity index (χ0n) is 8.75. The van der Waals surface area contributed by atoms with Crippen molar-refractivity contribution in [2.75, 3.05) is 0 Å². The van der Waals surface area contributed by atoms with Crippen molar-refractivity contribution in [2.45, 2.75) is 0 Å². The quantitative estimate of drug-likeness (QED) is 0.596. The molecule has 0 unspecified atom stereocenters. The molecule has 2 nitrogen and oxygen atoms in total. The molecule has 0 saturated heterocycles. The summed E-state index contributed by atoms with van der Waals surface area (Å²) in [7, 11) is 0. The fourth-order valence-corrected chi connectivity index (χ4v) is 2.20. The van der Waals surface area contributed by atoms with E-state index in [9.17, 15) is 9.18 Å². The molecule has 0 amide bonds. The second kappa shape index (κ2) is 5.22. The number of pyridine rings is 1. The van der Waals surface area contributed by atoms with Crippen LogP contribution in [0, 0.1) is 5.82 Å². The summed E-state index contributed by atoms with van der Waals surface area (Å²) in [5.41, 5.74) is 0.568. The molecule has 1 aromatic heterocycles. The van der Waals surface area contributed by atoms with Gasteiger partial charge in [0.15, 0.2) is 6.29 Å². The van der Waals surface area contributed by atoms with Crippen LogP contribution in [0.4, 0.5) is 4.39 Å². The van der Waals surface area contributed by atoms with E-state index >= 15 is 0 Å². The number of benzene rings is 1. The molecule has 0 radical (unpaired) electrons. The summed E-state index contributed by atoms with van der Waals surface area (Å²) in [5.74, 6) is -0.616. The van der Waals surface area contributed by atoms with Crippen LogP contribution in [0.2, 0.25) is 15.1 Å². The molecule has 0 N–H and O–H groups in total. The third-order valence-electron chi connectivity index (χ3n) is 2.29. The highest BCUT2D eigenvalue weighted by molar-refractivity contribution is 6.46. The average molecular weight is 305 g/mol. The van der Waals surface area contributed by atoms with Crippen molar-refractivity contribution in [3.05, 3.63) is 50.8 Å². The molecule has 0 aliphatic rings. The molecule has 2 aromatic rings. The SMILES string of the molecule is O=Cc1cc(F)cnc1-c1c(Cl)ccc(Cl)c1Cl. The van der Waals surface area contributed by atoms with Crippen molar-refractivity contribution in [3.8, 4) is 11.3 Å². The van der Waals surface area contributed by atoms with E-state index in [1.54, 1.807) is 0 Å². The molecule has 18 heavy (non-hydrogen) atoms. The van der Waals surface area contributed by atoms with E-state index in [1.165, 1.54) is 12.1 Å². The number of aromatic nitrogens is 1. The van der Waals surface area contributed by atoms with Gasteiger partial charge in [-0.25, -0.2) is 4.39 Å². The van der Waals surface area contributed by atoms with Gasteiger partial charge in [-0.2, -0.15) is 0 Å². The van der Waals surface area contributed by atoms with Crippen molar-refractivity contribution in [1.82, 2.24) is 4.98 Å². The largest absolute Gasteiger partial charge is 0.298 e. The van der Waals surface area contributed by atoms with Gasteiger partial charge in [0.25, 0.3) is 0 Å². The Bertz CT molecular complexity index is 631. The van der Waals surface area contributed by atoms with E-state index in [0.29, 0.717) is 11.8 Å². The summed E-state index contributed by atoms with van der Waals surface area (Å²) in [6.07, 6.45) is 1.47. The molecule has 0 saturated carbocycles. The summed E-state index contributed by atoms with van der Waals surface area (Å²) in [6, 6.07) is 4.12. The van der Waals surface area contributed by atoms with Crippen molar-refractivity contribution in [1.29, 1.82) is 0 Å². The lowest BCUT2D eigenvalue weighted by molar-refractivity contribution is 0.112. The second-order valence-electron chi connectivity index (χ2n) is 3.43. The number of carbonyl (C=O) groups is 1. The Morgan fingerprint density at radius 3 is 2.50 bits per heavy atom. The molecule has 1 aromatic carbocycles. The Morgan fingerprint density at radius 1 is 1.17 bits per heavy atom. The smallest absolute Gasteiger partial charge is 0.152 e. The van der Waals surface area contributed by atoms with Crippen molar-refractivity contribution in [2.24, 2.45) is 0 Å². The highest BCUT2D eigenvalue weighted by atomic mass is 35.5. The number of hydrogen-bond acceptors (Lipinski definition) is 2. The van der Waals surface area contributed by atoms with Crippen molar-refractivity contribution >= 4 is 41.1 Å². The van der Waals surface area contributed by atoms with Gasteiger partial charge in [-0.3, -0.25) is 9.78 Å². The first-order valence-corrected chi connectivity index (χ1v) is 5.92. The van der Waals surface area contributed by atoms with Gasteiger partial charge in [0.2, 0.25) is 0 Å². The van der Waals surface area contributed by atoms with E-state index in [0.717, 1.165) is 12.3 Å². The zero-order chi connectivity index (χ0) is 13.3. The van der Waals surface area contributed by atoms with Gasteiger partial charge >= 0.3 is 0 Å². The third-order valence-corrected chi connectivity index (χ3v) is 3.41. The average Bonchev–Trinajstić information content (AvgIpc) is 2.36. The predicted molar refractivity (Wildman–Crippen MR) is 70.0 cm³/mol. The Kier molecular flexibility index (Phi) is 3.85. The van der Waals surface area contributed by atoms with Crippen molar-refractivity contribution in [3.63, 3.8) is 0 Å². The first-order chi connectivity index (χ1) is 8.54. The lowest BCUT2D eigenvalue weighted by Crippen LogP contribution is -1.95.